The molecule has 48 valence electrons. The third-order valence-electron chi connectivity index (χ3n) is 0.368. The standard InChI is InChI=1S/C4H4O4.Pb/c5-3(6)1-2-4(7)8;/h1-2H,(H,5,6)(H,7,8);/b2-1-;. The average molecular weight is 323 g/mol. The van der Waals surface area contributed by atoms with Gasteiger partial charge in [-0.05, 0) is 0 Å². The number of aliphatic carboxylic acids is 2. The summed E-state index contributed by atoms with van der Waals surface area (Å²) >= 11 is 0. The second kappa shape index (κ2) is 5.73. The average Bonchev–Trinajstić information content (AvgIpc) is 1.61. The van der Waals surface area contributed by atoms with Crippen molar-refractivity contribution in [2.45, 2.75) is 0 Å². The molecular weight excluding hydrogens is 319 g/mol. The van der Waals surface area contributed by atoms with Gasteiger partial charge < -0.3 is 10.2 Å². The van der Waals surface area contributed by atoms with Crippen LogP contribution in [0.2, 0.25) is 0 Å². The molecule has 0 spiro atoms. The van der Waals surface area contributed by atoms with Gasteiger partial charge in [-0.25, -0.2) is 9.59 Å². The molecule has 0 unspecified atom stereocenters. The molecule has 0 amide bonds. The van der Waals surface area contributed by atoms with Crippen LogP contribution in [-0.2, 0) is 9.59 Å². The fraction of sp³-hybridized carbons (Fsp3) is 0. The zero-order valence-electron chi connectivity index (χ0n) is 4.37. The smallest absolute Gasteiger partial charge is 0.328 e. The molecule has 0 heterocycles. The van der Waals surface area contributed by atoms with E-state index in [0.717, 1.165) is 0 Å². The monoisotopic (exact) mass is 324 g/mol. The first-order valence-corrected chi connectivity index (χ1v) is 1.77. The fourth-order valence-electron chi connectivity index (χ4n) is 0.143. The van der Waals surface area contributed by atoms with E-state index in [1.54, 1.807) is 0 Å². The van der Waals surface area contributed by atoms with Gasteiger partial charge in [-0.15, -0.1) is 0 Å². The van der Waals surface area contributed by atoms with Gasteiger partial charge in [0.05, 0.1) is 0 Å². The van der Waals surface area contributed by atoms with Crippen molar-refractivity contribution in [3.8, 4) is 0 Å². The summed E-state index contributed by atoms with van der Waals surface area (Å²) in [4.78, 5) is 19.1. The molecular formula is C4H4O4Pb. The van der Waals surface area contributed by atoms with Crippen molar-refractivity contribution in [1.29, 1.82) is 0 Å². The van der Waals surface area contributed by atoms with Gasteiger partial charge in [0, 0.05) is 39.5 Å². The molecule has 2 N–H and O–H groups in total. The van der Waals surface area contributed by atoms with Crippen molar-refractivity contribution in [1.82, 2.24) is 0 Å². The van der Waals surface area contributed by atoms with Crippen LogP contribution in [0.15, 0.2) is 12.2 Å². The van der Waals surface area contributed by atoms with E-state index in [4.69, 9.17) is 10.2 Å². The van der Waals surface area contributed by atoms with Crippen LogP contribution in [0, 0.1) is 0 Å². The van der Waals surface area contributed by atoms with Gasteiger partial charge in [0.2, 0.25) is 0 Å². The van der Waals surface area contributed by atoms with E-state index in [-0.39, 0.29) is 27.3 Å². The Hall–Kier alpha value is -0.398. The van der Waals surface area contributed by atoms with Crippen molar-refractivity contribution >= 4 is 39.2 Å². The molecule has 0 atom stereocenters. The molecule has 0 aliphatic rings. The summed E-state index contributed by atoms with van der Waals surface area (Å²) in [5.41, 5.74) is 0. The Morgan fingerprint density at radius 2 is 1.22 bits per heavy atom. The first-order chi connectivity index (χ1) is 3.63. The van der Waals surface area contributed by atoms with Gasteiger partial charge in [-0.3, -0.25) is 0 Å². The number of carboxylic acid groups (broad SMARTS) is 2. The first-order valence-electron chi connectivity index (χ1n) is 1.77. The summed E-state index contributed by atoms with van der Waals surface area (Å²) in [5.74, 6) is -2.51. The molecule has 0 rings (SSSR count). The number of rotatable bonds is 2. The molecule has 0 saturated carbocycles. The van der Waals surface area contributed by atoms with Crippen LogP contribution in [0.3, 0.4) is 0 Å². The van der Waals surface area contributed by atoms with Crippen molar-refractivity contribution in [2.24, 2.45) is 0 Å². The van der Waals surface area contributed by atoms with Crippen molar-refractivity contribution < 1.29 is 19.8 Å². The summed E-state index contributed by atoms with van der Waals surface area (Å²) in [5, 5.41) is 15.6. The molecule has 0 fully saturated rings. The van der Waals surface area contributed by atoms with Gasteiger partial charge in [0.15, 0.2) is 0 Å². The maximum absolute atomic E-state index is 9.55. The van der Waals surface area contributed by atoms with Gasteiger partial charge in [-0.2, -0.15) is 0 Å². The SMILES string of the molecule is O=C(O)/C=C\C(=O)O.[Pb]. The summed E-state index contributed by atoms with van der Waals surface area (Å²) in [6.45, 7) is 0. The van der Waals surface area contributed by atoms with E-state index in [1.807, 2.05) is 0 Å². The number of carboxylic acids is 2. The Kier molecular flexibility index (Phi) is 7.27. The third kappa shape index (κ3) is 11.3. The topological polar surface area (TPSA) is 74.6 Å². The maximum atomic E-state index is 9.55. The van der Waals surface area contributed by atoms with Crippen LogP contribution in [0.25, 0.3) is 0 Å². The Bertz CT molecular complexity index is 124. The summed E-state index contributed by atoms with van der Waals surface area (Å²) < 4.78 is 0. The number of carbonyl (C=O) groups is 2. The second-order valence-corrected chi connectivity index (χ2v) is 1.01. The molecule has 0 aliphatic carbocycles. The van der Waals surface area contributed by atoms with Crippen LogP contribution in [-0.4, -0.2) is 49.5 Å². The zero-order chi connectivity index (χ0) is 6.57. The fourth-order valence-corrected chi connectivity index (χ4v) is 0.143. The van der Waals surface area contributed by atoms with E-state index < -0.39 is 11.9 Å². The van der Waals surface area contributed by atoms with Crippen LogP contribution < -0.4 is 0 Å². The normalized spacial score (nSPS) is 8.44. The Morgan fingerprint density at radius 3 is 1.33 bits per heavy atom. The Balaban J connectivity index is 0. The van der Waals surface area contributed by atoms with Crippen LogP contribution in [0.4, 0.5) is 0 Å². The zero-order valence-corrected chi connectivity index (χ0v) is 8.25. The number of hydrogen-bond acceptors (Lipinski definition) is 2. The minimum Gasteiger partial charge on any atom is -0.478 e. The third-order valence-corrected chi connectivity index (χ3v) is 0.368. The van der Waals surface area contributed by atoms with Gasteiger partial charge >= 0.3 is 11.9 Å². The minimum atomic E-state index is -1.26. The van der Waals surface area contributed by atoms with Crippen LogP contribution in [0.5, 0.6) is 0 Å². The molecule has 4 radical (unpaired) electrons. The molecule has 0 aromatic carbocycles. The first kappa shape index (κ1) is 11.4. The van der Waals surface area contributed by atoms with E-state index in [2.05, 4.69) is 0 Å². The summed E-state index contributed by atoms with van der Waals surface area (Å²) in [6.07, 6.45) is 1.12. The largest absolute Gasteiger partial charge is 0.478 e. The van der Waals surface area contributed by atoms with Gasteiger partial charge in [0.25, 0.3) is 0 Å². The van der Waals surface area contributed by atoms with Gasteiger partial charge in [-0.1, -0.05) is 0 Å². The maximum Gasteiger partial charge on any atom is 0.328 e. The van der Waals surface area contributed by atoms with E-state index in [0.29, 0.717) is 12.2 Å². The quantitative estimate of drug-likeness (QED) is 0.522. The molecule has 0 saturated heterocycles. The summed E-state index contributed by atoms with van der Waals surface area (Å²) in [6, 6.07) is 0. The molecule has 0 bridgehead atoms. The van der Waals surface area contributed by atoms with Gasteiger partial charge in [0.1, 0.15) is 0 Å². The summed E-state index contributed by atoms with van der Waals surface area (Å²) in [7, 11) is 0. The van der Waals surface area contributed by atoms with Crippen molar-refractivity contribution in [3.05, 3.63) is 12.2 Å². The molecule has 4 nitrogen and oxygen atoms in total. The molecule has 0 aliphatic heterocycles. The van der Waals surface area contributed by atoms with E-state index >= 15 is 0 Å². The van der Waals surface area contributed by atoms with Crippen LogP contribution in [0.1, 0.15) is 0 Å². The Morgan fingerprint density at radius 1 is 1.00 bits per heavy atom. The van der Waals surface area contributed by atoms with Crippen molar-refractivity contribution in [3.63, 3.8) is 0 Å². The Labute approximate surface area is 71.3 Å². The van der Waals surface area contributed by atoms with E-state index in [9.17, 15) is 9.59 Å². The predicted octanol–water partition coefficient (Wildman–Crippen LogP) is -0.669. The van der Waals surface area contributed by atoms with Crippen molar-refractivity contribution in [2.75, 3.05) is 0 Å². The molecule has 0 aromatic heterocycles. The van der Waals surface area contributed by atoms with E-state index in [1.165, 1.54) is 0 Å². The molecule has 5 heteroatoms. The van der Waals surface area contributed by atoms with Crippen LogP contribution >= 0.6 is 0 Å². The molecule has 9 heavy (non-hydrogen) atoms. The second-order valence-electron chi connectivity index (χ2n) is 1.01. The number of hydrogen-bond donors (Lipinski definition) is 2. The molecule has 0 aromatic rings. The minimum absolute atomic E-state index is 0. The predicted molar refractivity (Wildman–Crippen MR) is 30.2 cm³/mol.